The molecular weight excluding hydrogens is 264 g/mol. The average Bonchev–Trinajstić information content (AvgIpc) is 2.53. The molecule has 1 N–H and O–H groups in total. The smallest absolute Gasteiger partial charge is 0.339 e. The van der Waals surface area contributed by atoms with Gasteiger partial charge in [0.2, 0.25) is 0 Å². The fourth-order valence-corrected chi connectivity index (χ4v) is 2.09. The monoisotopic (exact) mass is 284 g/mol. The van der Waals surface area contributed by atoms with Crippen molar-refractivity contribution < 1.29 is 9.53 Å². The first-order chi connectivity index (χ1) is 10.2. The van der Waals surface area contributed by atoms with Crippen LogP contribution in [0.4, 0.5) is 0 Å². The Morgan fingerprint density at radius 2 is 2.00 bits per heavy atom. The minimum absolute atomic E-state index is 0.356. The van der Waals surface area contributed by atoms with E-state index < -0.39 is 0 Å². The maximum atomic E-state index is 11.3. The molecule has 21 heavy (non-hydrogen) atoms. The fourth-order valence-electron chi connectivity index (χ4n) is 2.09. The summed E-state index contributed by atoms with van der Waals surface area (Å²) >= 11 is 0. The van der Waals surface area contributed by atoms with E-state index in [-0.39, 0.29) is 5.97 Å². The highest BCUT2D eigenvalue weighted by Gasteiger charge is 2.07. The topological polar surface area (TPSA) is 51.2 Å². The van der Waals surface area contributed by atoms with E-state index in [4.69, 9.17) is 0 Å². The third kappa shape index (κ3) is 4.68. The number of pyridine rings is 1. The second kappa shape index (κ2) is 7.55. The van der Waals surface area contributed by atoms with Gasteiger partial charge in [0.1, 0.15) is 0 Å². The summed E-state index contributed by atoms with van der Waals surface area (Å²) in [6, 6.07) is 14.3. The van der Waals surface area contributed by atoms with Gasteiger partial charge in [-0.25, -0.2) is 4.79 Å². The lowest BCUT2D eigenvalue weighted by molar-refractivity contribution is 0.0600. The Balaban J connectivity index is 1.84. The molecule has 1 unspecified atom stereocenters. The minimum Gasteiger partial charge on any atom is -0.465 e. The summed E-state index contributed by atoms with van der Waals surface area (Å²) in [5.74, 6) is -0.362. The van der Waals surface area contributed by atoms with Crippen molar-refractivity contribution in [1.82, 2.24) is 10.3 Å². The summed E-state index contributed by atoms with van der Waals surface area (Å²) in [7, 11) is 1.36. The quantitative estimate of drug-likeness (QED) is 0.828. The van der Waals surface area contributed by atoms with Crippen LogP contribution in [0.3, 0.4) is 0 Å². The van der Waals surface area contributed by atoms with Crippen molar-refractivity contribution in [3.8, 4) is 0 Å². The van der Waals surface area contributed by atoms with Gasteiger partial charge in [0.05, 0.1) is 18.4 Å². The molecule has 0 aliphatic carbocycles. The lowest BCUT2D eigenvalue weighted by Crippen LogP contribution is -2.27. The van der Waals surface area contributed by atoms with Crippen molar-refractivity contribution in [2.45, 2.75) is 25.9 Å². The lowest BCUT2D eigenvalue weighted by atomic mass is 10.1. The Labute approximate surface area is 125 Å². The molecule has 0 saturated heterocycles. The molecule has 0 aliphatic heterocycles. The highest BCUT2D eigenvalue weighted by molar-refractivity contribution is 5.88. The van der Waals surface area contributed by atoms with Crippen molar-refractivity contribution in [3.63, 3.8) is 0 Å². The Bertz CT molecular complexity index is 567. The minimum atomic E-state index is -0.362. The Morgan fingerprint density at radius 1 is 1.24 bits per heavy atom. The van der Waals surface area contributed by atoms with Crippen LogP contribution in [-0.2, 0) is 17.7 Å². The van der Waals surface area contributed by atoms with Gasteiger partial charge in [0, 0.05) is 18.8 Å². The van der Waals surface area contributed by atoms with Crippen molar-refractivity contribution in [2.24, 2.45) is 0 Å². The molecule has 0 radical (unpaired) electrons. The zero-order valence-electron chi connectivity index (χ0n) is 12.4. The third-order valence-corrected chi connectivity index (χ3v) is 3.26. The molecule has 4 nitrogen and oxygen atoms in total. The summed E-state index contributed by atoms with van der Waals surface area (Å²) < 4.78 is 4.65. The normalized spacial score (nSPS) is 11.9. The molecule has 1 heterocycles. The fraction of sp³-hybridized carbons (Fsp3) is 0.294. The number of nitrogens with one attached hydrogen (secondary N) is 1. The van der Waals surface area contributed by atoms with Crippen molar-refractivity contribution >= 4 is 5.97 Å². The molecule has 0 amide bonds. The highest BCUT2D eigenvalue weighted by Crippen LogP contribution is 2.05. The van der Waals surface area contributed by atoms with E-state index in [1.165, 1.54) is 12.7 Å². The molecular formula is C17H20N2O2. The van der Waals surface area contributed by atoms with Crippen molar-refractivity contribution in [3.05, 3.63) is 65.5 Å². The predicted octanol–water partition coefficient (Wildman–Crippen LogP) is 2.59. The van der Waals surface area contributed by atoms with Gasteiger partial charge in [-0.1, -0.05) is 30.3 Å². The molecule has 0 spiro atoms. The Hall–Kier alpha value is -2.20. The van der Waals surface area contributed by atoms with Crippen LogP contribution >= 0.6 is 0 Å². The van der Waals surface area contributed by atoms with Crippen LogP contribution in [0.15, 0.2) is 48.7 Å². The molecule has 1 aromatic heterocycles. The summed E-state index contributed by atoms with van der Waals surface area (Å²) in [5, 5.41) is 3.43. The molecule has 2 aromatic rings. The van der Waals surface area contributed by atoms with E-state index in [0.29, 0.717) is 18.2 Å². The third-order valence-electron chi connectivity index (χ3n) is 3.26. The summed E-state index contributed by atoms with van der Waals surface area (Å²) in [5.41, 5.74) is 2.69. The van der Waals surface area contributed by atoms with E-state index in [0.717, 1.165) is 12.1 Å². The Morgan fingerprint density at radius 3 is 2.62 bits per heavy atom. The number of aromatic nitrogens is 1. The van der Waals surface area contributed by atoms with E-state index in [2.05, 4.69) is 46.2 Å². The molecule has 0 saturated carbocycles. The number of hydrogen-bond donors (Lipinski definition) is 1. The molecule has 110 valence electrons. The van der Waals surface area contributed by atoms with Crippen LogP contribution < -0.4 is 5.32 Å². The zero-order chi connectivity index (χ0) is 15.1. The van der Waals surface area contributed by atoms with E-state index >= 15 is 0 Å². The number of nitrogens with zero attached hydrogens (tertiary/aromatic N) is 1. The van der Waals surface area contributed by atoms with Crippen LogP contribution in [-0.4, -0.2) is 24.1 Å². The van der Waals surface area contributed by atoms with E-state index in [1.807, 2.05) is 12.1 Å². The number of rotatable bonds is 6. The molecule has 0 aliphatic rings. The standard InChI is InChI=1S/C17H20N2O2/c1-13(10-14-6-4-3-5-7-14)18-12-16-9-8-15(11-19-16)17(20)21-2/h3-9,11,13,18H,10,12H2,1-2H3. The van der Waals surface area contributed by atoms with Gasteiger partial charge in [-0.3, -0.25) is 4.98 Å². The van der Waals surface area contributed by atoms with Crippen LogP contribution in [0, 0.1) is 0 Å². The van der Waals surface area contributed by atoms with Gasteiger partial charge < -0.3 is 10.1 Å². The van der Waals surface area contributed by atoms with Crippen molar-refractivity contribution in [1.29, 1.82) is 0 Å². The number of methoxy groups -OCH3 is 1. The average molecular weight is 284 g/mol. The van der Waals surface area contributed by atoms with E-state index in [9.17, 15) is 4.79 Å². The maximum Gasteiger partial charge on any atom is 0.339 e. The van der Waals surface area contributed by atoms with Gasteiger partial charge in [-0.15, -0.1) is 0 Å². The molecule has 1 atom stereocenters. The second-order valence-corrected chi connectivity index (χ2v) is 5.00. The number of benzene rings is 1. The largest absolute Gasteiger partial charge is 0.465 e. The molecule has 4 heteroatoms. The van der Waals surface area contributed by atoms with Gasteiger partial charge in [0.25, 0.3) is 0 Å². The first-order valence-electron chi connectivity index (χ1n) is 6.99. The van der Waals surface area contributed by atoms with Gasteiger partial charge in [-0.2, -0.15) is 0 Å². The van der Waals surface area contributed by atoms with Gasteiger partial charge in [0.15, 0.2) is 0 Å². The molecule has 2 rings (SSSR count). The maximum absolute atomic E-state index is 11.3. The number of carbonyl (C=O) groups is 1. The Kier molecular flexibility index (Phi) is 5.46. The first kappa shape index (κ1) is 15.2. The SMILES string of the molecule is COC(=O)c1ccc(CNC(C)Cc2ccccc2)nc1. The zero-order valence-corrected chi connectivity index (χ0v) is 12.4. The lowest BCUT2D eigenvalue weighted by Gasteiger charge is -2.13. The van der Waals surface area contributed by atoms with Gasteiger partial charge >= 0.3 is 5.97 Å². The first-order valence-corrected chi connectivity index (χ1v) is 6.99. The highest BCUT2D eigenvalue weighted by atomic mass is 16.5. The number of hydrogen-bond acceptors (Lipinski definition) is 4. The molecule has 0 bridgehead atoms. The second-order valence-electron chi connectivity index (χ2n) is 5.00. The number of ether oxygens (including phenoxy) is 1. The van der Waals surface area contributed by atoms with E-state index in [1.54, 1.807) is 12.3 Å². The van der Waals surface area contributed by atoms with Crippen LogP contribution in [0.2, 0.25) is 0 Å². The number of esters is 1. The summed E-state index contributed by atoms with van der Waals surface area (Å²) in [4.78, 5) is 15.6. The van der Waals surface area contributed by atoms with Gasteiger partial charge in [-0.05, 0) is 31.0 Å². The van der Waals surface area contributed by atoms with Crippen LogP contribution in [0.5, 0.6) is 0 Å². The van der Waals surface area contributed by atoms with Crippen LogP contribution in [0.25, 0.3) is 0 Å². The van der Waals surface area contributed by atoms with Crippen LogP contribution in [0.1, 0.15) is 28.5 Å². The predicted molar refractivity (Wildman–Crippen MR) is 82.0 cm³/mol. The summed E-state index contributed by atoms with van der Waals surface area (Å²) in [6.45, 7) is 2.82. The summed E-state index contributed by atoms with van der Waals surface area (Å²) in [6.07, 6.45) is 2.52. The molecule has 0 fully saturated rings. The number of carbonyl (C=O) groups excluding carboxylic acids is 1. The molecule has 1 aromatic carbocycles. The van der Waals surface area contributed by atoms with Crippen molar-refractivity contribution in [2.75, 3.05) is 7.11 Å².